The molecule has 39 heavy (non-hydrogen) atoms. The average molecular weight is 560 g/mol. The molecule has 2 aromatic heterocycles. The Hall–Kier alpha value is -4.47. The van der Waals surface area contributed by atoms with Crippen molar-refractivity contribution in [2.45, 2.75) is 0 Å². The average Bonchev–Trinajstić information content (AvgIpc) is 3.43. The van der Waals surface area contributed by atoms with Crippen molar-refractivity contribution in [2.24, 2.45) is 0 Å². The quantitative estimate of drug-likeness (QED) is 0.217. The number of ether oxygens (including phenoxy) is 3. The van der Waals surface area contributed by atoms with Gasteiger partial charge in [-0.2, -0.15) is 0 Å². The largest absolute Gasteiger partial charge is 0.493 e. The molecule has 0 radical (unpaired) electrons. The highest BCUT2D eigenvalue weighted by Crippen LogP contribution is 2.34. The highest BCUT2D eigenvalue weighted by Gasteiger charge is 2.18. The number of para-hydroxylation sites is 1. The molecule has 0 aliphatic rings. The van der Waals surface area contributed by atoms with Gasteiger partial charge in [-0.25, -0.2) is 14.8 Å². The van der Waals surface area contributed by atoms with Crippen LogP contribution in [0.25, 0.3) is 33.4 Å². The number of amides is 1. The summed E-state index contributed by atoms with van der Waals surface area (Å²) in [6.07, 6.45) is 0. The molecule has 0 fully saturated rings. The zero-order valence-electron chi connectivity index (χ0n) is 20.9. The second-order valence-corrected chi connectivity index (χ2v) is 9.55. The Kier molecular flexibility index (Phi) is 7.72. The molecule has 0 unspecified atom stereocenters. The third-order valence-electron chi connectivity index (χ3n) is 5.85. The molecular formula is C29H22ClN3O5S. The number of carbonyl (C=O) groups is 2. The predicted molar refractivity (Wildman–Crippen MR) is 152 cm³/mol. The number of thiazole rings is 1. The van der Waals surface area contributed by atoms with Gasteiger partial charge in [0.15, 0.2) is 23.2 Å². The first-order valence-electron chi connectivity index (χ1n) is 11.8. The number of esters is 1. The lowest BCUT2D eigenvalue weighted by molar-refractivity contribution is -0.119. The number of methoxy groups -OCH3 is 2. The van der Waals surface area contributed by atoms with Crippen LogP contribution >= 0.6 is 22.9 Å². The number of hydrogen-bond donors (Lipinski definition) is 1. The van der Waals surface area contributed by atoms with Gasteiger partial charge in [-0.05, 0) is 36.4 Å². The van der Waals surface area contributed by atoms with Crippen LogP contribution in [0.4, 0.5) is 5.13 Å². The summed E-state index contributed by atoms with van der Waals surface area (Å²) in [5, 5.41) is 5.98. The minimum Gasteiger partial charge on any atom is -0.493 e. The molecule has 0 aliphatic heterocycles. The van der Waals surface area contributed by atoms with Gasteiger partial charge in [-0.1, -0.05) is 48.0 Å². The Morgan fingerprint density at radius 1 is 0.897 bits per heavy atom. The highest BCUT2D eigenvalue weighted by molar-refractivity contribution is 7.14. The van der Waals surface area contributed by atoms with Gasteiger partial charge in [-0.15, -0.1) is 11.3 Å². The van der Waals surface area contributed by atoms with Gasteiger partial charge in [0.2, 0.25) is 0 Å². The van der Waals surface area contributed by atoms with E-state index in [4.69, 9.17) is 25.8 Å². The van der Waals surface area contributed by atoms with Gasteiger partial charge in [0.25, 0.3) is 5.91 Å². The standard InChI is InChI=1S/C29H22ClN3O5S/c1-36-25-12-11-17(13-26(25)37-2)24-16-39-29(32-24)33-27(34)15-38-28(35)20-14-23(19-8-3-5-9-21(19)30)31-22-10-6-4-7-18(20)22/h3-14,16H,15H2,1-2H3,(H,32,33,34). The summed E-state index contributed by atoms with van der Waals surface area (Å²) in [6, 6.07) is 21.5. The van der Waals surface area contributed by atoms with E-state index in [9.17, 15) is 9.59 Å². The van der Waals surface area contributed by atoms with Crippen LogP contribution in [0.15, 0.2) is 78.2 Å². The number of nitrogens with one attached hydrogen (secondary N) is 1. The van der Waals surface area contributed by atoms with Crippen molar-refractivity contribution >= 4 is 50.8 Å². The van der Waals surface area contributed by atoms with E-state index in [1.54, 1.807) is 56.7 Å². The number of nitrogens with zero attached hydrogens (tertiary/aromatic N) is 2. The van der Waals surface area contributed by atoms with Crippen LogP contribution in [0.1, 0.15) is 10.4 Å². The van der Waals surface area contributed by atoms with E-state index < -0.39 is 18.5 Å². The fraction of sp³-hybridized carbons (Fsp3) is 0.103. The van der Waals surface area contributed by atoms with Gasteiger partial charge in [0, 0.05) is 26.9 Å². The monoisotopic (exact) mass is 559 g/mol. The highest BCUT2D eigenvalue weighted by atomic mass is 35.5. The molecule has 0 saturated heterocycles. The molecule has 0 saturated carbocycles. The molecule has 2 heterocycles. The van der Waals surface area contributed by atoms with Gasteiger partial charge in [0.05, 0.1) is 36.7 Å². The fourth-order valence-electron chi connectivity index (χ4n) is 3.97. The van der Waals surface area contributed by atoms with E-state index in [1.165, 1.54) is 11.3 Å². The van der Waals surface area contributed by atoms with Crippen LogP contribution in [-0.4, -0.2) is 42.7 Å². The van der Waals surface area contributed by atoms with E-state index in [0.29, 0.717) is 49.5 Å². The maximum atomic E-state index is 13.1. The van der Waals surface area contributed by atoms with Gasteiger partial charge in [0.1, 0.15) is 0 Å². The number of pyridine rings is 1. The topological polar surface area (TPSA) is 99.6 Å². The molecule has 196 valence electrons. The van der Waals surface area contributed by atoms with Gasteiger partial charge in [-0.3, -0.25) is 10.1 Å². The van der Waals surface area contributed by atoms with Crippen molar-refractivity contribution in [3.05, 3.63) is 88.8 Å². The number of rotatable bonds is 8. The second kappa shape index (κ2) is 11.5. The number of hydrogen-bond acceptors (Lipinski definition) is 8. The Bertz CT molecular complexity index is 1690. The van der Waals surface area contributed by atoms with Gasteiger partial charge >= 0.3 is 5.97 Å². The van der Waals surface area contributed by atoms with Crippen molar-refractivity contribution in [1.29, 1.82) is 0 Å². The molecule has 5 aromatic rings. The lowest BCUT2D eigenvalue weighted by Crippen LogP contribution is -2.21. The molecule has 1 amide bonds. The van der Waals surface area contributed by atoms with E-state index in [1.807, 2.05) is 35.7 Å². The predicted octanol–water partition coefficient (Wildman–Crippen LogP) is 6.49. The second-order valence-electron chi connectivity index (χ2n) is 8.28. The van der Waals surface area contributed by atoms with Crippen LogP contribution in [0.2, 0.25) is 5.02 Å². The number of fused-ring (bicyclic) bond motifs is 1. The van der Waals surface area contributed by atoms with Crippen LogP contribution in [0.3, 0.4) is 0 Å². The summed E-state index contributed by atoms with van der Waals surface area (Å²) in [4.78, 5) is 34.8. The molecule has 10 heteroatoms. The minimum atomic E-state index is -0.651. The SMILES string of the molecule is COc1ccc(-c2csc(NC(=O)COC(=O)c3cc(-c4ccccc4Cl)nc4ccccc34)n2)cc1OC. The third-order valence-corrected chi connectivity index (χ3v) is 6.94. The van der Waals surface area contributed by atoms with E-state index in [-0.39, 0.29) is 5.56 Å². The molecule has 5 rings (SSSR count). The van der Waals surface area contributed by atoms with Crippen molar-refractivity contribution in [2.75, 3.05) is 26.1 Å². The molecule has 1 N–H and O–H groups in total. The van der Waals surface area contributed by atoms with Crippen LogP contribution in [0.5, 0.6) is 11.5 Å². The smallest absolute Gasteiger partial charge is 0.339 e. The lowest BCUT2D eigenvalue weighted by Gasteiger charge is -2.11. The first kappa shape index (κ1) is 26.1. The Morgan fingerprint density at radius 2 is 1.67 bits per heavy atom. The first-order chi connectivity index (χ1) is 19.0. The number of carbonyl (C=O) groups excluding carboxylic acids is 2. The zero-order valence-corrected chi connectivity index (χ0v) is 22.5. The van der Waals surface area contributed by atoms with Crippen LogP contribution in [-0.2, 0) is 9.53 Å². The summed E-state index contributed by atoms with van der Waals surface area (Å²) < 4.78 is 16.0. The number of aromatic nitrogens is 2. The van der Waals surface area contributed by atoms with Crippen molar-refractivity contribution in [3.63, 3.8) is 0 Å². The molecule has 0 aliphatic carbocycles. The zero-order chi connectivity index (χ0) is 27.4. The molecule has 0 atom stereocenters. The fourth-order valence-corrected chi connectivity index (χ4v) is 4.94. The molecule has 3 aromatic carbocycles. The summed E-state index contributed by atoms with van der Waals surface area (Å²) in [5.41, 5.74) is 3.57. The summed E-state index contributed by atoms with van der Waals surface area (Å²) >= 11 is 7.62. The van der Waals surface area contributed by atoms with Gasteiger partial charge < -0.3 is 14.2 Å². The van der Waals surface area contributed by atoms with E-state index in [0.717, 1.165) is 5.56 Å². The van der Waals surface area contributed by atoms with Crippen molar-refractivity contribution < 1.29 is 23.8 Å². The van der Waals surface area contributed by atoms with Crippen LogP contribution in [0, 0.1) is 0 Å². The number of anilines is 1. The normalized spacial score (nSPS) is 10.7. The molecular weight excluding hydrogens is 538 g/mol. The molecule has 0 bridgehead atoms. The summed E-state index contributed by atoms with van der Waals surface area (Å²) in [7, 11) is 3.12. The number of halogens is 1. The van der Waals surface area contributed by atoms with Crippen molar-refractivity contribution in [1.82, 2.24) is 9.97 Å². The van der Waals surface area contributed by atoms with E-state index >= 15 is 0 Å². The third kappa shape index (κ3) is 5.69. The minimum absolute atomic E-state index is 0.285. The Morgan fingerprint density at radius 3 is 2.46 bits per heavy atom. The lowest BCUT2D eigenvalue weighted by atomic mass is 10.0. The van der Waals surface area contributed by atoms with E-state index in [2.05, 4.69) is 15.3 Å². The summed E-state index contributed by atoms with van der Waals surface area (Å²) in [6.45, 7) is -0.484. The maximum absolute atomic E-state index is 13.1. The Labute approximate surface area is 233 Å². The molecule has 0 spiro atoms. The maximum Gasteiger partial charge on any atom is 0.339 e. The first-order valence-corrected chi connectivity index (χ1v) is 13.0. The summed E-state index contributed by atoms with van der Waals surface area (Å²) in [5.74, 6) is 0.0121. The number of benzene rings is 3. The Balaban J connectivity index is 1.29. The van der Waals surface area contributed by atoms with Crippen LogP contribution < -0.4 is 14.8 Å². The van der Waals surface area contributed by atoms with Crippen molar-refractivity contribution in [3.8, 4) is 34.0 Å². The molecule has 8 nitrogen and oxygen atoms in total.